The molecule has 7 nitrogen and oxygen atoms in total. The van der Waals surface area contributed by atoms with Gasteiger partial charge in [-0.1, -0.05) is 59.6 Å². The third-order valence-corrected chi connectivity index (χ3v) is 7.82. The molecule has 0 heterocycles. The minimum absolute atomic E-state index is 0.0671. The number of anilines is 1. The van der Waals surface area contributed by atoms with Crippen LogP contribution in [0.1, 0.15) is 5.56 Å². The highest BCUT2D eigenvalue weighted by atomic mass is 35.5. The van der Waals surface area contributed by atoms with Crippen molar-refractivity contribution in [1.82, 2.24) is 5.32 Å². The van der Waals surface area contributed by atoms with Crippen LogP contribution in [0.15, 0.2) is 89.8 Å². The lowest BCUT2D eigenvalue weighted by Gasteiger charge is -2.24. The van der Waals surface area contributed by atoms with E-state index in [-0.39, 0.29) is 28.8 Å². The van der Waals surface area contributed by atoms with E-state index in [2.05, 4.69) is 5.32 Å². The van der Waals surface area contributed by atoms with E-state index in [0.29, 0.717) is 11.5 Å². The van der Waals surface area contributed by atoms with Gasteiger partial charge in [0.1, 0.15) is 24.7 Å². The maximum atomic E-state index is 13.5. The van der Waals surface area contributed by atoms with Crippen molar-refractivity contribution in [2.24, 2.45) is 0 Å². The van der Waals surface area contributed by atoms with Crippen LogP contribution in [0.3, 0.4) is 0 Å². The zero-order chi connectivity index (χ0) is 26.4. The van der Waals surface area contributed by atoms with E-state index in [1.54, 1.807) is 24.3 Å². The van der Waals surface area contributed by atoms with Crippen LogP contribution >= 0.6 is 11.6 Å². The summed E-state index contributed by atoms with van der Waals surface area (Å²) in [5, 5.41) is 5.13. The summed E-state index contributed by atoms with van der Waals surface area (Å²) in [6.07, 6.45) is 0. The topological polar surface area (TPSA) is 84.9 Å². The SMILES string of the molecule is COc1ccc(N(CC(=O)NCCOc2ccc3ccccc3c2)S(=O)(=O)c2ccc(C)cc2)cc1Cl. The Bertz CT molecular complexity index is 1510. The van der Waals surface area contributed by atoms with Crippen molar-refractivity contribution in [1.29, 1.82) is 0 Å². The Morgan fingerprint density at radius 2 is 1.68 bits per heavy atom. The fourth-order valence-corrected chi connectivity index (χ4v) is 5.43. The van der Waals surface area contributed by atoms with Crippen molar-refractivity contribution in [2.45, 2.75) is 11.8 Å². The molecule has 0 fully saturated rings. The second kappa shape index (κ2) is 11.5. The molecule has 1 N–H and O–H groups in total. The number of fused-ring (bicyclic) bond motifs is 1. The van der Waals surface area contributed by atoms with Gasteiger partial charge in [-0.25, -0.2) is 8.42 Å². The van der Waals surface area contributed by atoms with E-state index in [9.17, 15) is 13.2 Å². The van der Waals surface area contributed by atoms with Gasteiger partial charge in [-0.2, -0.15) is 0 Å². The quantitative estimate of drug-likeness (QED) is 0.280. The second-order valence-electron chi connectivity index (χ2n) is 8.35. The standard InChI is InChI=1S/C28H27ClN2O5S/c1-20-7-12-25(13-8-20)37(33,34)31(23-10-14-27(35-2)26(29)18-23)19-28(32)30-15-16-36-24-11-9-21-5-3-4-6-22(21)17-24/h3-14,17-18H,15-16,19H2,1-2H3,(H,30,32). The molecule has 9 heteroatoms. The molecule has 4 rings (SSSR count). The summed E-state index contributed by atoms with van der Waals surface area (Å²) >= 11 is 6.26. The molecule has 0 bridgehead atoms. The van der Waals surface area contributed by atoms with E-state index >= 15 is 0 Å². The van der Waals surface area contributed by atoms with E-state index < -0.39 is 22.5 Å². The number of halogens is 1. The Hall–Kier alpha value is -3.75. The molecule has 0 unspecified atom stereocenters. The predicted octanol–water partition coefficient (Wildman–Crippen LogP) is 5.20. The number of benzene rings is 4. The number of carbonyl (C=O) groups is 1. The first-order chi connectivity index (χ1) is 17.8. The summed E-state index contributed by atoms with van der Waals surface area (Å²) < 4.78 is 39.0. The molecule has 4 aromatic rings. The third kappa shape index (κ3) is 6.34. The number of methoxy groups -OCH3 is 1. The van der Waals surface area contributed by atoms with Crippen molar-refractivity contribution >= 4 is 44.0 Å². The zero-order valence-electron chi connectivity index (χ0n) is 20.5. The lowest BCUT2D eigenvalue weighted by molar-refractivity contribution is -0.119. The largest absolute Gasteiger partial charge is 0.495 e. The molecule has 0 aliphatic rings. The number of nitrogens with one attached hydrogen (secondary N) is 1. The predicted molar refractivity (Wildman–Crippen MR) is 146 cm³/mol. The minimum Gasteiger partial charge on any atom is -0.495 e. The number of sulfonamides is 1. The minimum atomic E-state index is -4.05. The summed E-state index contributed by atoms with van der Waals surface area (Å²) in [4.78, 5) is 12.9. The molecule has 0 spiro atoms. The summed E-state index contributed by atoms with van der Waals surface area (Å²) in [6.45, 7) is 1.86. The number of aryl methyl sites for hydroxylation is 1. The van der Waals surface area contributed by atoms with Gasteiger partial charge < -0.3 is 14.8 Å². The van der Waals surface area contributed by atoms with Crippen LogP contribution in [0, 0.1) is 6.92 Å². The van der Waals surface area contributed by atoms with Gasteiger partial charge in [0.25, 0.3) is 10.0 Å². The molecular weight excluding hydrogens is 512 g/mol. The third-order valence-electron chi connectivity index (χ3n) is 5.73. The number of amides is 1. The molecule has 0 radical (unpaired) electrons. The van der Waals surface area contributed by atoms with Gasteiger partial charge in [0.05, 0.1) is 29.3 Å². The highest BCUT2D eigenvalue weighted by molar-refractivity contribution is 7.92. The van der Waals surface area contributed by atoms with Crippen LogP contribution < -0.4 is 19.1 Å². The molecule has 1 amide bonds. The molecule has 4 aromatic carbocycles. The van der Waals surface area contributed by atoms with Gasteiger partial charge in [-0.3, -0.25) is 9.10 Å². The summed E-state index contributed by atoms with van der Waals surface area (Å²) in [6, 6.07) is 24.7. The molecule has 0 aliphatic carbocycles. The first-order valence-electron chi connectivity index (χ1n) is 11.6. The highest BCUT2D eigenvalue weighted by Crippen LogP contribution is 2.32. The average molecular weight is 539 g/mol. The molecule has 37 heavy (non-hydrogen) atoms. The Morgan fingerprint density at radius 1 is 0.946 bits per heavy atom. The lowest BCUT2D eigenvalue weighted by Crippen LogP contribution is -2.42. The maximum Gasteiger partial charge on any atom is 0.264 e. The van der Waals surface area contributed by atoms with Crippen molar-refractivity contribution in [3.8, 4) is 11.5 Å². The first-order valence-corrected chi connectivity index (χ1v) is 13.4. The molecule has 192 valence electrons. The van der Waals surface area contributed by atoms with Gasteiger partial charge in [0.2, 0.25) is 5.91 Å². The van der Waals surface area contributed by atoms with Gasteiger partial charge in [0.15, 0.2) is 0 Å². The molecule has 0 aromatic heterocycles. The first kappa shape index (κ1) is 26.3. The lowest BCUT2D eigenvalue weighted by atomic mass is 10.1. The molecule has 0 aliphatic heterocycles. The fraction of sp³-hybridized carbons (Fsp3) is 0.179. The smallest absolute Gasteiger partial charge is 0.264 e. The molecule has 0 saturated carbocycles. The van der Waals surface area contributed by atoms with Crippen LogP contribution in [-0.2, 0) is 14.8 Å². The molecular formula is C28H27ClN2O5S. The van der Waals surface area contributed by atoms with E-state index in [1.807, 2.05) is 49.4 Å². The molecule has 0 atom stereocenters. The Balaban J connectivity index is 1.46. The fourth-order valence-electron chi connectivity index (χ4n) is 3.77. The molecule has 0 saturated heterocycles. The number of nitrogens with zero attached hydrogens (tertiary/aromatic N) is 1. The number of ether oxygens (including phenoxy) is 2. The van der Waals surface area contributed by atoms with E-state index in [1.165, 1.54) is 25.3 Å². The van der Waals surface area contributed by atoms with Crippen molar-refractivity contribution in [3.05, 3.63) is 95.5 Å². The summed E-state index contributed by atoms with van der Waals surface area (Å²) in [5.41, 5.74) is 1.16. The van der Waals surface area contributed by atoms with Crippen molar-refractivity contribution in [3.63, 3.8) is 0 Å². The number of hydrogen-bond donors (Lipinski definition) is 1. The normalized spacial score (nSPS) is 11.2. The summed E-state index contributed by atoms with van der Waals surface area (Å²) in [7, 11) is -2.59. The highest BCUT2D eigenvalue weighted by Gasteiger charge is 2.27. The summed E-state index contributed by atoms with van der Waals surface area (Å²) in [5.74, 6) is 0.600. The monoisotopic (exact) mass is 538 g/mol. The van der Waals surface area contributed by atoms with Crippen LogP contribution in [0.2, 0.25) is 5.02 Å². The average Bonchev–Trinajstić information content (AvgIpc) is 2.90. The second-order valence-corrected chi connectivity index (χ2v) is 10.6. The Kier molecular flexibility index (Phi) is 8.21. The number of rotatable bonds is 10. The van der Waals surface area contributed by atoms with Gasteiger partial charge in [-0.15, -0.1) is 0 Å². The Labute approximate surface area is 221 Å². The maximum absolute atomic E-state index is 13.5. The van der Waals surface area contributed by atoms with Crippen LogP contribution in [-0.4, -0.2) is 41.1 Å². The Morgan fingerprint density at radius 3 is 2.38 bits per heavy atom. The van der Waals surface area contributed by atoms with Crippen LogP contribution in [0.5, 0.6) is 11.5 Å². The van der Waals surface area contributed by atoms with Crippen molar-refractivity contribution < 1.29 is 22.7 Å². The van der Waals surface area contributed by atoms with Crippen molar-refractivity contribution in [2.75, 3.05) is 31.1 Å². The van der Waals surface area contributed by atoms with E-state index in [0.717, 1.165) is 20.6 Å². The van der Waals surface area contributed by atoms with E-state index in [4.69, 9.17) is 21.1 Å². The van der Waals surface area contributed by atoms with Gasteiger partial charge >= 0.3 is 0 Å². The van der Waals surface area contributed by atoms with Crippen LogP contribution in [0.25, 0.3) is 10.8 Å². The van der Waals surface area contributed by atoms with Crippen LogP contribution in [0.4, 0.5) is 5.69 Å². The number of carbonyl (C=O) groups excluding carboxylic acids is 1. The van der Waals surface area contributed by atoms with Gasteiger partial charge in [-0.05, 0) is 60.2 Å². The number of hydrogen-bond acceptors (Lipinski definition) is 5. The van der Waals surface area contributed by atoms with Gasteiger partial charge in [0, 0.05) is 0 Å². The zero-order valence-corrected chi connectivity index (χ0v) is 22.1.